The van der Waals surface area contributed by atoms with Crippen molar-refractivity contribution in [1.82, 2.24) is 31.1 Å². The molecule has 0 aliphatic heterocycles. The van der Waals surface area contributed by atoms with Crippen molar-refractivity contribution in [2.45, 2.75) is 106 Å². The van der Waals surface area contributed by atoms with Crippen molar-refractivity contribution < 1.29 is 24.0 Å². The zero-order valence-electron chi connectivity index (χ0n) is 31.0. The Balaban J connectivity index is 3.17. The number of nitrogens with zero attached hydrogens (tertiary/aromatic N) is 2. The molecule has 47 heavy (non-hydrogen) atoms. The maximum absolute atomic E-state index is 14.1. The highest BCUT2D eigenvalue weighted by Crippen LogP contribution is 2.20. The lowest BCUT2D eigenvalue weighted by Gasteiger charge is -2.39. The minimum atomic E-state index is -0.947. The predicted molar refractivity (Wildman–Crippen MR) is 187 cm³/mol. The Morgan fingerprint density at radius 1 is 0.574 bits per heavy atom. The molecular weight excluding hydrogens is 596 g/mol. The Bertz CT molecular complexity index is 1170. The third kappa shape index (κ3) is 11.9. The van der Waals surface area contributed by atoms with Crippen molar-refractivity contribution in [2.75, 3.05) is 27.7 Å². The highest BCUT2D eigenvalue weighted by molar-refractivity contribution is 5.96. The molecule has 0 bridgehead atoms. The smallest absolute Gasteiger partial charge is 0.246 e. The van der Waals surface area contributed by atoms with Gasteiger partial charge in [0.15, 0.2) is 0 Å². The van der Waals surface area contributed by atoms with Gasteiger partial charge in [-0.25, -0.2) is 0 Å². The number of amides is 5. The summed E-state index contributed by atoms with van der Waals surface area (Å²) in [6.45, 7) is 19.1. The van der Waals surface area contributed by atoms with Gasteiger partial charge < -0.3 is 31.1 Å². The minimum Gasteiger partial charge on any atom is -0.354 e. The molecule has 0 heterocycles. The molecule has 0 unspecified atom stereocenters. The van der Waals surface area contributed by atoms with Crippen LogP contribution in [0.1, 0.15) is 74.8 Å². The van der Waals surface area contributed by atoms with Crippen LogP contribution in [0.5, 0.6) is 0 Å². The second kappa shape index (κ2) is 19.4. The van der Waals surface area contributed by atoms with Gasteiger partial charge in [-0.3, -0.25) is 24.0 Å². The SMILES string of the molecule is CN[C@H](C(=O)N[C@H](C(=O)N[C@H](C(=O)N(C)[C@H](C(=O)N(C)[C@H](C(=O)NCCc1ccccc1)C(C)C)C(C)C)C(C)C)C(C)C)C(C)C. The molecule has 5 amide bonds. The molecule has 0 radical (unpaired) electrons. The maximum atomic E-state index is 14.1. The molecule has 11 heteroatoms. The largest absolute Gasteiger partial charge is 0.354 e. The lowest BCUT2D eigenvalue weighted by molar-refractivity contribution is -0.151. The highest BCUT2D eigenvalue weighted by atomic mass is 16.2. The summed E-state index contributed by atoms with van der Waals surface area (Å²) >= 11 is 0. The molecule has 0 spiro atoms. The molecular formula is C36H62N6O5. The average Bonchev–Trinajstić information content (AvgIpc) is 2.98. The zero-order chi connectivity index (χ0) is 36.2. The van der Waals surface area contributed by atoms with Crippen LogP contribution in [0.4, 0.5) is 0 Å². The van der Waals surface area contributed by atoms with E-state index in [-0.39, 0.29) is 47.3 Å². The summed E-state index contributed by atoms with van der Waals surface area (Å²) in [6.07, 6.45) is 0.665. The van der Waals surface area contributed by atoms with Gasteiger partial charge >= 0.3 is 0 Å². The normalized spacial score (nSPS) is 14.9. The summed E-state index contributed by atoms with van der Waals surface area (Å²) < 4.78 is 0. The number of benzene rings is 1. The standard InChI is InChI=1S/C36H62N6O5/c1-21(2)27(37-11)32(43)39-28(22(3)4)33(44)40-29(23(5)6)35(46)42(13)31(25(9)10)36(47)41(12)30(24(7)8)34(45)38-20-19-26-17-15-14-16-18-26/h14-18,21-25,27-31,37H,19-20H2,1-13H3,(H,38,45)(H,39,43)(H,40,44)/t27-,28-,29-,30-,31-/m0/s1. The number of hydrogen-bond donors (Lipinski definition) is 4. The van der Waals surface area contributed by atoms with Gasteiger partial charge in [-0.05, 0) is 48.6 Å². The molecule has 5 atom stereocenters. The Kier molecular flexibility index (Phi) is 17.1. The Morgan fingerprint density at radius 2 is 1.02 bits per heavy atom. The van der Waals surface area contributed by atoms with E-state index in [4.69, 9.17) is 0 Å². The summed E-state index contributed by atoms with van der Waals surface area (Å²) in [5.41, 5.74) is 1.10. The zero-order valence-corrected chi connectivity index (χ0v) is 31.0. The second-order valence-corrected chi connectivity index (χ2v) is 14.3. The molecule has 11 nitrogen and oxygen atoms in total. The van der Waals surface area contributed by atoms with Gasteiger partial charge in [0.1, 0.15) is 24.2 Å². The molecule has 4 N–H and O–H groups in total. The van der Waals surface area contributed by atoms with E-state index in [1.54, 1.807) is 21.1 Å². The van der Waals surface area contributed by atoms with Crippen molar-refractivity contribution in [3.63, 3.8) is 0 Å². The van der Waals surface area contributed by atoms with Gasteiger partial charge in [0.25, 0.3) is 0 Å². The molecule has 0 aromatic heterocycles. The van der Waals surface area contributed by atoms with Gasteiger partial charge in [0.05, 0.1) is 6.04 Å². The van der Waals surface area contributed by atoms with Crippen LogP contribution in [0.3, 0.4) is 0 Å². The number of carbonyl (C=O) groups excluding carboxylic acids is 5. The number of rotatable bonds is 18. The van der Waals surface area contributed by atoms with Crippen molar-refractivity contribution >= 4 is 29.5 Å². The monoisotopic (exact) mass is 658 g/mol. The maximum Gasteiger partial charge on any atom is 0.246 e. The van der Waals surface area contributed by atoms with Crippen LogP contribution in [0.15, 0.2) is 30.3 Å². The topological polar surface area (TPSA) is 140 Å². The minimum absolute atomic E-state index is 0.00815. The third-order valence-corrected chi connectivity index (χ3v) is 8.61. The molecule has 0 saturated carbocycles. The van der Waals surface area contributed by atoms with E-state index in [1.165, 1.54) is 9.80 Å². The van der Waals surface area contributed by atoms with E-state index in [0.29, 0.717) is 13.0 Å². The number of nitrogens with one attached hydrogen (secondary N) is 4. The van der Waals surface area contributed by atoms with Crippen molar-refractivity contribution in [3.8, 4) is 0 Å². The van der Waals surface area contributed by atoms with Crippen LogP contribution >= 0.6 is 0 Å². The van der Waals surface area contributed by atoms with Gasteiger partial charge in [-0.2, -0.15) is 0 Å². The summed E-state index contributed by atoms with van der Waals surface area (Å²) in [7, 11) is 4.86. The first-order valence-electron chi connectivity index (χ1n) is 17.0. The number of carbonyl (C=O) groups is 5. The van der Waals surface area contributed by atoms with Gasteiger partial charge in [0.2, 0.25) is 29.5 Å². The van der Waals surface area contributed by atoms with E-state index < -0.39 is 42.0 Å². The van der Waals surface area contributed by atoms with E-state index in [2.05, 4.69) is 21.3 Å². The lowest BCUT2D eigenvalue weighted by Crippen LogP contribution is -2.62. The third-order valence-electron chi connectivity index (χ3n) is 8.61. The van der Waals surface area contributed by atoms with Gasteiger partial charge in [0, 0.05) is 20.6 Å². The van der Waals surface area contributed by atoms with Gasteiger partial charge in [-0.15, -0.1) is 0 Å². The molecule has 0 fully saturated rings. The van der Waals surface area contributed by atoms with E-state index in [1.807, 2.05) is 99.6 Å². The van der Waals surface area contributed by atoms with Crippen LogP contribution in [0.25, 0.3) is 0 Å². The molecule has 1 aromatic rings. The lowest BCUT2D eigenvalue weighted by atomic mass is 9.95. The van der Waals surface area contributed by atoms with Crippen LogP contribution in [-0.4, -0.2) is 97.2 Å². The molecule has 0 saturated heterocycles. The molecule has 0 aliphatic rings. The van der Waals surface area contributed by atoms with Crippen LogP contribution in [0.2, 0.25) is 0 Å². The fraction of sp³-hybridized carbons (Fsp3) is 0.694. The second-order valence-electron chi connectivity index (χ2n) is 14.3. The highest BCUT2D eigenvalue weighted by Gasteiger charge is 2.40. The summed E-state index contributed by atoms with van der Waals surface area (Å²) in [6, 6.07) is 5.93. The number of likely N-dealkylation sites (N-methyl/N-ethyl adjacent to an activating group) is 3. The van der Waals surface area contributed by atoms with Crippen LogP contribution in [0, 0.1) is 29.6 Å². The fourth-order valence-corrected chi connectivity index (χ4v) is 5.91. The summed E-state index contributed by atoms with van der Waals surface area (Å²) in [4.78, 5) is 70.8. The fourth-order valence-electron chi connectivity index (χ4n) is 5.91. The first-order valence-corrected chi connectivity index (χ1v) is 17.0. The van der Waals surface area contributed by atoms with E-state index >= 15 is 0 Å². The molecule has 1 rings (SSSR count). The van der Waals surface area contributed by atoms with Crippen molar-refractivity contribution in [2.24, 2.45) is 29.6 Å². The molecule has 1 aromatic carbocycles. The Morgan fingerprint density at radius 3 is 1.47 bits per heavy atom. The first-order chi connectivity index (χ1) is 21.9. The van der Waals surface area contributed by atoms with Gasteiger partial charge in [-0.1, -0.05) is 99.6 Å². The predicted octanol–water partition coefficient (Wildman–Crippen LogP) is 2.84. The Labute approximate surface area is 283 Å². The summed E-state index contributed by atoms with van der Waals surface area (Å²) in [5.74, 6) is -2.81. The quantitative estimate of drug-likeness (QED) is 0.191. The molecule has 0 aliphatic carbocycles. The molecule has 266 valence electrons. The van der Waals surface area contributed by atoms with Crippen LogP contribution < -0.4 is 21.3 Å². The first kappa shape index (κ1) is 41.6. The summed E-state index contributed by atoms with van der Waals surface area (Å²) in [5, 5.41) is 11.7. The van der Waals surface area contributed by atoms with Crippen LogP contribution in [-0.2, 0) is 30.4 Å². The van der Waals surface area contributed by atoms with E-state index in [9.17, 15) is 24.0 Å². The average molecular weight is 659 g/mol. The van der Waals surface area contributed by atoms with Crippen molar-refractivity contribution in [3.05, 3.63) is 35.9 Å². The Hall–Kier alpha value is -3.47. The van der Waals surface area contributed by atoms with Crippen molar-refractivity contribution in [1.29, 1.82) is 0 Å². The number of hydrogen-bond acceptors (Lipinski definition) is 6. The van der Waals surface area contributed by atoms with E-state index in [0.717, 1.165) is 5.56 Å².